The molecule has 0 bridgehead atoms. The molecule has 0 aliphatic carbocycles. The molecule has 1 aromatic carbocycles. The summed E-state index contributed by atoms with van der Waals surface area (Å²) >= 11 is 0. The van der Waals surface area contributed by atoms with Crippen molar-refractivity contribution < 1.29 is 14.4 Å². The third-order valence-electron chi connectivity index (χ3n) is 6.16. The van der Waals surface area contributed by atoms with Gasteiger partial charge in [0, 0.05) is 45.1 Å². The third-order valence-corrected chi connectivity index (χ3v) is 6.16. The lowest BCUT2D eigenvalue weighted by Gasteiger charge is -2.39. The first kappa shape index (κ1) is 17.8. The van der Waals surface area contributed by atoms with Crippen molar-refractivity contribution in [1.82, 2.24) is 20.0 Å². The van der Waals surface area contributed by atoms with Gasteiger partial charge in [0.15, 0.2) is 0 Å². The van der Waals surface area contributed by atoms with Crippen molar-refractivity contribution in [2.24, 2.45) is 5.41 Å². The second kappa shape index (κ2) is 6.87. The van der Waals surface area contributed by atoms with E-state index in [-0.39, 0.29) is 23.3 Å². The minimum atomic E-state index is -0.448. The van der Waals surface area contributed by atoms with Crippen LogP contribution in [0, 0.1) is 5.41 Å². The van der Waals surface area contributed by atoms with Gasteiger partial charge in [-0.1, -0.05) is 30.3 Å². The molecular formula is C20H26N4O3. The molecule has 1 N–H and O–H groups in total. The Balaban J connectivity index is 1.34. The van der Waals surface area contributed by atoms with Gasteiger partial charge in [-0.3, -0.25) is 9.59 Å². The number of nitrogens with one attached hydrogen (secondary N) is 1. The van der Waals surface area contributed by atoms with Crippen molar-refractivity contribution in [3.05, 3.63) is 35.9 Å². The summed E-state index contributed by atoms with van der Waals surface area (Å²) in [6, 6.07) is 9.42. The number of benzene rings is 1. The van der Waals surface area contributed by atoms with Gasteiger partial charge >= 0.3 is 6.03 Å². The number of urea groups is 1. The van der Waals surface area contributed by atoms with Crippen LogP contribution in [0.25, 0.3) is 0 Å². The van der Waals surface area contributed by atoms with Crippen molar-refractivity contribution in [3.8, 4) is 0 Å². The normalized spacial score (nSPS) is 24.6. The zero-order chi connectivity index (χ0) is 19.0. The van der Waals surface area contributed by atoms with E-state index in [9.17, 15) is 14.4 Å². The topological polar surface area (TPSA) is 73.0 Å². The molecule has 3 fully saturated rings. The molecule has 7 heteroatoms. The van der Waals surface area contributed by atoms with Gasteiger partial charge in [-0.2, -0.15) is 0 Å². The summed E-state index contributed by atoms with van der Waals surface area (Å²) in [4.78, 5) is 42.1. The van der Waals surface area contributed by atoms with E-state index < -0.39 is 6.04 Å². The fourth-order valence-corrected chi connectivity index (χ4v) is 4.49. The molecule has 27 heavy (non-hydrogen) atoms. The van der Waals surface area contributed by atoms with Gasteiger partial charge in [-0.15, -0.1) is 0 Å². The van der Waals surface area contributed by atoms with E-state index in [1.54, 1.807) is 7.05 Å². The summed E-state index contributed by atoms with van der Waals surface area (Å²) in [6.45, 7) is 3.15. The smallest absolute Gasteiger partial charge is 0.317 e. The van der Waals surface area contributed by atoms with E-state index in [0.717, 1.165) is 24.9 Å². The van der Waals surface area contributed by atoms with Crippen LogP contribution in [-0.2, 0) is 16.1 Å². The minimum Gasteiger partial charge on any atom is -0.341 e. The van der Waals surface area contributed by atoms with E-state index in [2.05, 4.69) is 5.32 Å². The quantitative estimate of drug-likeness (QED) is 0.864. The van der Waals surface area contributed by atoms with E-state index in [4.69, 9.17) is 0 Å². The molecule has 1 aromatic rings. The van der Waals surface area contributed by atoms with E-state index >= 15 is 0 Å². The van der Waals surface area contributed by atoms with E-state index in [1.165, 1.54) is 4.90 Å². The Morgan fingerprint density at radius 3 is 2.52 bits per heavy atom. The molecule has 3 aliphatic rings. The van der Waals surface area contributed by atoms with Gasteiger partial charge < -0.3 is 20.0 Å². The molecule has 144 valence electrons. The van der Waals surface area contributed by atoms with Gasteiger partial charge in [0.2, 0.25) is 11.8 Å². The van der Waals surface area contributed by atoms with Gasteiger partial charge in [0.1, 0.15) is 6.04 Å². The van der Waals surface area contributed by atoms with E-state index in [1.807, 2.05) is 40.1 Å². The van der Waals surface area contributed by atoms with Crippen LogP contribution < -0.4 is 5.32 Å². The van der Waals surface area contributed by atoms with Crippen LogP contribution in [0.4, 0.5) is 4.79 Å². The molecule has 7 nitrogen and oxygen atoms in total. The highest BCUT2D eigenvalue weighted by Crippen LogP contribution is 2.41. The number of rotatable bonds is 3. The molecule has 1 spiro atoms. The van der Waals surface area contributed by atoms with Crippen molar-refractivity contribution in [1.29, 1.82) is 0 Å². The van der Waals surface area contributed by atoms with Gasteiger partial charge in [-0.05, 0) is 18.4 Å². The lowest BCUT2D eigenvalue weighted by atomic mass is 9.77. The highest BCUT2D eigenvalue weighted by Gasteiger charge is 2.46. The lowest BCUT2D eigenvalue weighted by molar-refractivity contribution is -0.135. The lowest BCUT2D eigenvalue weighted by Crippen LogP contribution is -2.50. The second-order valence-corrected chi connectivity index (χ2v) is 8.12. The molecule has 0 saturated carbocycles. The molecule has 1 atom stereocenters. The number of amides is 4. The monoisotopic (exact) mass is 370 g/mol. The first-order valence-electron chi connectivity index (χ1n) is 9.58. The number of likely N-dealkylation sites (N-methyl/N-ethyl adjacent to an activating group) is 1. The predicted molar refractivity (Wildman–Crippen MR) is 99.7 cm³/mol. The zero-order valence-electron chi connectivity index (χ0n) is 15.7. The van der Waals surface area contributed by atoms with Crippen LogP contribution in [0.5, 0.6) is 0 Å². The Kier molecular flexibility index (Phi) is 4.53. The number of hydrogen-bond donors (Lipinski definition) is 1. The summed E-state index contributed by atoms with van der Waals surface area (Å²) in [5, 5.41) is 2.74. The Labute approximate surface area is 159 Å². The summed E-state index contributed by atoms with van der Waals surface area (Å²) in [7, 11) is 1.69. The zero-order valence-corrected chi connectivity index (χ0v) is 15.7. The van der Waals surface area contributed by atoms with Crippen molar-refractivity contribution in [2.75, 3.05) is 33.2 Å². The molecule has 1 unspecified atom stereocenters. The molecular weight excluding hydrogens is 344 g/mol. The summed E-state index contributed by atoms with van der Waals surface area (Å²) < 4.78 is 0. The van der Waals surface area contributed by atoms with Gasteiger partial charge in [0.05, 0.1) is 6.54 Å². The van der Waals surface area contributed by atoms with Crippen molar-refractivity contribution in [2.45, 2.75) is 31.8 Å². The predicted octanol–water partition coefficient (Wildman–Crippen LogP) is 1.05. The highest BCUT2D eigenvalue weighted by molar-refractivity contribution is 5.90. The molecule has 3 aliphatic heterocycles. The SMILES string of the molecule is CN1CC(C(=O)N2CCC3(CC2)CC(=O)N(Cc2ccccc2)C3)NC1=O. The number of likely N-dealkylation sites (tertiary alicyclic amines) is 2. The second-order valence-electron chi connectivity index (χ2n) is 8.12. The fourth-order valence-electron chi connectivity index (χ4n) is 4.49. The van der Waals surface area contributed by atoms with Gasteiger partial charge in [-0.25, -0.2) is 4.79 Å². The van der Waals surface area contributed by atoms with Crippen LogP contribution in [-0.4, -0.2) is 71.8 Å². The van der Waals surface area contributed by atoms with Crippen LogP contribution in [0.3, 0.4) is 0 Å². The maximum Gasteiger partial charge on any atom is 0.317 e. The van der Waals surface area contributed by atoms with Crippen molar-refractivity contribution in [3.63, 3.8) is 0 Å². The van der Waals surface area contributed by atoms with Crippen LogP contribution in [0.2, 0.25) is 0 Å². The molecule has 3 saturated heterocycles. The van der Waals surface area contributed by atoms with Crippen LogP contribution in [0.1, 0.15) is 24.8 Å². The van der Waals surface area contributed by atoms with Gasteiger partial charge in [0.25, 0.3) is 0 Å². The molecule has 0 aromatic heterocycles. The number of piperidine rings is 1. The molecule has 3 heterocycles. The van der Waals surface area contributed by atoms with E-state index in [0.29, 0.717) is 32.6 Å². The third kappa shape index (κ3) is 3.50. The largest absolute Gasteiger partial charge is 0.341 e. The summed E-state index contributed by atoms with van der Waals surface area (Å²) in [5.74, 6) is 0.205. The summed E-state index contributed by atoms with van der Waals surface area (Å²) in [5.41, 5.74) is 1.13. The first-order chi connectivity index (χ1) is 13.0. The average Bonchev–Trinajstić information content (AvgIpc) is 3.15. The summed E-state index contributed by atoms with van der Waals surface area (Å²) in [6.07, 6.45) is 2.25. The molecule has 4 rings (SSSR count). The number of carbonyl (C=O) groups excluding carboxylic acids is 3. The minimum absolute atomic E-state index is 0.00647. The van der Waals surface area contributed by atoms with Crippen LogP contribution >= 0.6 is 0 Å². The Bertz CT molecular complexity index is 743. The number of carbonyl (C=O) groups is 3. The Morgan fingerprint density at radius 2 is 1.89 bits per heavy atom. The average molecular weight is 370 g/mol. The Morgan fingerprint density at radius 1 is 1.19 bits per heavy atom. The fraction of sp³-hybridized carbons (Fsp3) is 0.550. The first-order valence-corrected chi connectivity index (χ1v) is 9.58. The maximum absolute atomic E-state index is 12.7. The standard InChI is InChI=1S/C20H26N4O3/c1-22-13-16(21-19(22)27)18(26)23-9-7-20(8-10-23)11-17(25)24(14-20)12-15-5-3-2-4-6-15/h2-6,16H,7-14H2,1H3,(H,21,27). The maximum atomic E-state index is 12.7. The highest BCUT2D eigenvalue weighted by atomic mass is 16.2. The molecule has 4 amide bonds. The van der Waals surface area contributed by atoms with Crippen LogP contribution in [0.15, 0.2) is 30.3 Å². The van der Waals surface area contributed by atoms with Crippen molar-refractivity contribution >= 4 is 17.8 Å². The Hall–Kier alpha value is -2.57. The molecule has 0 radical (unpaired) electrons. The number of nitrogens with zero attached hydrogens (tertiary/aromatic N) is 3. The number of hydrogen-bond acceptors (Lipinski definition) is 3.